The molecular weight excluding hydrogens is 282 g/mol. The summed E-state index contributed by atoms with van der Waals surface area (Å²) in [5.74, 6) is 1.73. The van der Waals surface area contributed by atoms with Crippen LogP contribution in [0.1, 0.15) is 35.2 Å². The van der Waals surface area contributed by atoms with Crippen LogP contribution in [0.2, 0.25) is 0 Å². The Bertz CT molecular complexity index is 667. The average Bonchev–Trinajstić information content (AvgIpc) is 3.22. The molecule has 0 aromatic heterocycles. The maximum Gasteiger partial charge on any atom is 0.167 e. The molecule has 0 saturated heterocycles. The highest BCUT2D eigenvalue weighted by molar-refractivity contribution is 5.98. The minimum atomic E-state index is 0.153. The summed E-state index contributed by atoms with van der Waals surface area (Å²) in [6.07, 6.45) is 3.71. The fourth-order valence-electron chi connectivity index (χ4n) is 4.59. The Labute approximate surface area is 137 Å². The maximum atomic E-state index is 13.0. The molecule has 2 aliphatic carbocycles. The zero-order valence-corrected chi connectivity index (χ0v) is 13.3. The van der Waals surface area contributed by atoms with Crippen LogP contribution in [0.25, 0.3) is 0 Å². The predicted molar refractivity (Wildman–Crippen MR) is 92.2 cm³/mol. The van der Waals surface area contributed by atoms with Crippen molar-refractivity contribution in [1.82, 2.24) is 5.32 Å². The number of hydrogen-bond donors (Lipinski definition) is 1. The third-order valence-corrected chi connectivity index (χ3v) is 5.66. The van der Waals surface area contributed by atoms with E-state index in [1.165, 1.54) is 24.8 Å². The van der Waals surface area contributed by atoms with Gasteiger partial charge in [-0.25, -0.2) is 0 Å². The van der Waals surface area contributed by atoms with E-state index < -0.39 is 0 Å². The van der Waals surface area contributed by atoms with Crippen LogP contribution in [-0.4, -0.2) is 11.8 Å². The van der Waals surface area contributed by atoms with E-state index in [0.717, 1.165) is 12.1 Å². The van der Waals surface area contributed by atoms with E-state index in [1.807, 2.05) is 36.4 Å². The molecule has 1 N–H and O–H groups in total. The monoisotopic (exact) mass is 305 g/mol. The third-order valence-electron chi connectivity index (χ3n) is 5.66. The molecule has 0 aliphatic heterocycles. The van der Waals surface area contributed by atoms with Crippen LogP contribution in [0.4, 0.5) is 0 Å². The number of nitrogens with one attached hydrogen (secondary N) is 1. The van der Waals surface area contributed by atoms with E-state index in [4.69, 9.17) is 0 Å². The molecule has 0 amide bonds. The SMILES string of the molecule is O=C(c1ccccc1)C1C(NCc2ccccc2)[C@@H]2CC[C@H]1C2. The molecule has 0 spiro atoms. The highest BCUT2D eigenvalue weighted by Crippen LogP contribution is 2.49. The summed E-state index contributed by atoms with van der Waals surface area (Å²) >= 11 is 0. The van der Waals surface area contributed by atoms with Gasteiger partial charge in [0.05, 0.1) is 0 Å². The number of Topliss-reactive ketones (excluding diaryl/α,β-unsaturated/α-hetero) is 1. The quantitative estimate of drug-likeness (QED) is 0.844. The number of carbonyl (C=O) groups excluding carboxylic acids is 1. The fraction of sp³-hybridized carbons (Fsp3) is 0.381. The summed E-state index contributed by atoms with van der Waals surface area (Å²) in [5.41, 5.74) is 2.16. The van der Waals surface area contributed by atoms with Crippen LogP contribution in [-0.2, 0) is 6.54 Å². The second-order valence-electron chi connectivity index (χ2n) is 6.98. The first-order chi connectivity index (χ1) is 11.3. The minimum Gasteiger partial charge on any atom is -0.309 e. The van der Waals surface area contributed by atoms with Gasteiger partial charge >= 0.3 is 0 Å². The molecule has 2 unspecified atom stereocenters. The summed E-state index contributed by atoms with van der Waals surface area (Å²) in [7, 11) is 0. The molecule has 2 heteroatoms. The topological polar surface area (TPSA) is 29.1 Å². The van der Waals surface area contributed by atoms with E-state index in [1.54, 1.807) is 0 Å². The van der Waals surface area contributed by atoms with Crippen molar-refractivity contribution in [2.75, 3.05) is 0 Å². The molecule has 0 radical (unpaired) electrons. The van der Waals surface area contributed by atoms with Crippen molar-refractivity contribution in [2.45, 2.75) is 31.8 Å². The Morgan fingerprint density at radius 3 is 2.30 bits per heavy atom. The van der Waals surface area contributed by atoms with Gasteiger partial charge in [-0.15, -0.1) is 0 Å². The van der Waals surface area contributed by atoms with Crippen molar-refractivity contribution in [3.8, 4) is 0 Å². The van der Waals surface area contributed by atoms with E-state index >= 15 is 0 Å². The maximum absolute atomic E-state index is 13.0. The molecule has 2 nitrogen and oxygen atoms in total. The highest BCUT2D eigenvalue weighted by atomic mass is 16.1. The van der Waals surface area contributed by atoms with Crippen molar-refractivity contribution in [3.63, 3.8) is 0 Å². The molecule has 118 valence electrons. The van der Waals surface area contributed by atoms with Crippen molar-refractivity contribution in [1.29, 1.82) is 0 Å². The van der Waals surface area contributed by atoms with Crippen LogP contribution in [0.3, 0.4) is 0 Å². The first kappa shape index (κ1) is 14.6. The molecule has 2 aromatic rings. The van der Waals surface area contributed by atoms with Gasteiger partial charge in [-0.3, -0.25) is 4.79 Å². The predicted octanol–water partition coefficient (Wildman–Crippen LogP) is 4.07. The molecule has 4 rings (SSSR count). The molecule has 4 atom stereocenters. The number of hydrogen-bond acceptors (Lipinski definition) is 2. The van der Waals surface area contributed by atoms with E-state index in [2.05, 4.69) is 29.6 Å². The van der Waals surface area contributed by atoms with Crippen LogP contribution in [0.15, 0.2) is 60.7 Å². The lowest BCUT2D eigenvalue weighted by atomic mass is 9.79. The van der Waals surface area contributed by atoms with E-state index in [-0.39, 0.29) is 5.92 Å². The Balaban J connectivity index is 1.51. The number of ketones is 1. The summed E-state index contributed by atoms with van der Waals surface area (Å²) in [5, 5.41) is 3.71. The minimum absolute atomic E-state index is 0.153. The Morgan fingerprint density at radius 2 is 1.57 bits per heavy atom. The molecule has 0 heterocycles. The normalized spacial score (nSPS) is 28.9. The standard InChI is InChI=1S/C21H23NO/c23-21(16-9-5-2-6-10-16)19-17-11-12-18(13-17)20(19)22-14-15-7-3-1-4-8-15/h1-10,17-20,22H,11-14H2/t17-,18+,19?,20?/m0/s1. The van der Waals surface area contributed by atoms with Gasteiger partial charge < -0.3 is 5.32 Å². The van der Waals surface area contributed by atoms with Crippen molar-refractivity contribution >= 4 is 5.78 Å². The summed E-state index contributed by atoms with van der Waals surface area (Å²) < 4.78 is 0. The van der Waals surface area contributed by atoms with Gasteiger partial charge in [0.25, 0.3) is 0 Å². The van der Waals surface area contributed by atoms with E-state index in [9.17, 15) is 4.79 Å². The third kappa shape index (κ3) is 2.84. The van der Waals surface area contributed by atoms with Gasteiger partial charge in [0.2, 0.25) is 0 Å². The van der Waals surface area contributed by atoms with Crippen molar-refractivity contribution in [2.24, 2.45) is 17.8 Å². The van der Waals surface area contributed by atoms with Gasteiger partial charge in [0.1, 0.15) is 0 Å². The van der Waals surface area contributed by atoms with Crippen molar-refractivity contribution in [3.05, 3.63) is 71.8 Å². The fourth-order valence-corrected chi connectivity index (χ4v) is 4.59. The second-order valence-corrected chi connectivity index (χ2v) is 6.98. The lowest BCUT2D eigenvalue weighted by Crippen LogP contribution is -2.43. The Hall–Kier alpha value is -1.93. The molecule has 23 heavy (non-hydrogen) atoms. The zero-order valence-electron chi connectivity index (χ0n) is 13.3. The lowest BCUT2D eigenvalue weighted by Gasteiger charge is -2.31. The average molecular weight is 305 g/mol. The first-order valence-electron chi connectivity index (χ1n) is 8.69. The smallest absolute Gasteiger partial charge is 0.167 e. The highest BCUT2D eigenvalue weighted by Gasteiger charge is 2.50. The summed E-state index contributed by atoms with van der Waals surface area (Å²) in [6.45, 7) is 0.854. The number of carbonyl (C=O) groups is 1. The second kappa shape index (κ2) is 6.29. The van der Waals surface area contributed by atoms with Crippen LogP contribution in [0, 0.1) is 17.8 Å². The lowest BCUT2D eigenvalue weighted by molar-refractivity contribution is 0.0836. The summed E-state index contributed by atoms with van der Waals surface area (Å²) in [4.78, 5) is 13.0. The molecule has 2 fully saturated rings. The summed E-state index contributed by atoms with van der Waals surface area (Å²) in [6, 6.07) is 20.6. The Morgan fingerprint density at radius 1 is 0.913 bits per heavy atom. The van der Waals surface area contributed by atoms with Crippen LogP contribution < -0.4 is 5.32 Å². The largest absolute Gasteiger partial charge is 0.309 e. The molecule has 2 bridgehead atoms. The van der Waals surface area contributed by atoms with Crippen LogP contribution in [0.5, 0.6) is 0 Å². The number of benzene rings is 2. The zero-order chi connectivity index (χ0) is 15.6. The Kier molecular flexibility index (Phi) is 4.00. The van der Waals surface area contributed by atoms with Gasteiger partial charge in [0.15, 0.2) is 5.78 Å². The van der Waals surface area contributed by atoms with Gasteiger partial charge in [0, 0.05) is 24.1 Å². The number of rotatable bonds is 5. The van der Waals surface area contributed by atoms with Gasteiger partial charge in [-0.2, -0.15) is 0 Å². The molecule has 2 saturated carbocycles. The number of fused-ring (bicyclic) bond motifs is 2. The first-order valence-corrected chi connectivity index (χ1v) is 8.69. The van der Waals surface area contributed by atoms with Gasteiger partial charge in [-0.1, -0.05) is 60.7 Å². The van der Waals surface area contributed by atoms with Crippen molar-refractivity contribution < 1.29 is 4.79 Å². The molecular formula is C21H23NO. The van der Waals surface area contributed by atoms with Gasteiger partial charge in [-0.05, 0) is 36.7 Å². The molecule has 2 aliphatic rings. The molecule has 2 aromatic carbocycles. The van der Waals surface area contributed by atoms with E-state index in [0.29, 0.717) is 23.7 Å². The van der Waals surface area contributed by atoms with Crippen LogP contribution >= 0.6 is 0 Å².